The van der Waals surface area contributed by atoms with Crippen LogP contribution < -0.4 is 10.9 Å². The third-order valence-electron chi connectivity index (χ3n) is 4.96. The number of nitro benzene ring substituents is 1. The Balaban J connectivity index is 1.98. The van der Waals surface area contributed by atoms with E-state index in [1.54, 1.807) is 24.0 Å². The molecule has 1 aliphatic carbocycles. The predicted octanol–water partition coefficient (Wildman–Crippen LogP) is 4.07. The van der Waals surface area contributed by atoms with Gasteiger partial charge in [0.2, 0.25) is 0 Å². The molecule has 0 saturated heterocycles. The first-order chi connectivity index (χ1) is 12.1. The van der Waals surface area contributed by atoms with Gasteiger partial charge in [0.25, 0.3) is 11.2 Å². The van der Waals surface area contributed by atoms with E-state index in [1.807, 2.05) is 0 Å². The van der Waals surface area contributed by atoms with Crippen molar-refractivity contribution < 1.29 is 4.92 Å². The summed E-state index contributed by atoms with van der Waals surface area (Å²) in [6, 6.07) is 3.38. The molecule has 130 valence electrons. The van der Waals surface area contributed by atoms with Crippen LogP contribution in [-0.4, -0.2) is 21.5 Å². The summed E-state index contributed by atoms with van der Waals surface area (Å²) in [6.07, 6.45) is 7.12. The number of nitrogens with one attached hydrogen (secondary N) is 1. The number of nitrogens with zero attached hydrogens (tertiary/aromatic N) is 3. The van der Waals surface area contributed by atoms with Gasteiger partial charge in [0, 0.05) is 29.2 Å². The standard InChI is InChI=1S/C17H18N4O3S/c1-18-14-11(21(23)24)7-8-12-13(14)15-16(25-12)17(22)20(9-19-15)10-5-3-2-4-6-10/h7-10,18H,2-6H2,1H3. The van der Waals surface area contributed by atoms with Crippen LogP contribution in [0.2, 0.25) is 0 Å². The van der Waals surface area contributed by atoms with E-state index < -0.39 is 4.92 Å². The van der Waals surface area contributed by atoms with Crippen molar-refractivity contribution in [2.75, 3.05) is 12.4 Å². The fraction of sp³-hybridized carbons (Fsp3) is 0.412. The summed E-state index contributed by atoms with van der Waals surface area (Å²) in [5, 5.41) is 14.9. The zero-order valence-electron chi connectivity index (χ0n) is 13.8. The summed E-state index contributed by atoms with van der Waals surface area (Å²) < 4.78 is 3.15. The van der Waals surface area contributed by atoms with E-state index in [9.17, 15) is 14.9 Å². The monoisotopic (exact) mass is 358 g/mol. The lowest BCUT2D eigenvalue weighted by Gasteiger charge is -2.23. The smallest absolute Gasteiger partial charge is 0.293 e. The van der Waals surface area contributed by atoms with Crippen LogP contribution in [0.5, 0.6) is 0 Å². The maximum absolute atomic E-state index is 13.0. The minimum Gasteiger partial charge on any atom is -0.382 e. The van der Waals surface area contributed by atoms with E-state index in [0.717, 1.165) is 30.4 Å². The Morgan fingerprint density at radius 1 is 1.32 bits per heavy atom. The molecule has 1 aliphatic rings. The molecule has 0 radical (unpaired) electrons. The predicted molar refractivity (Wildman–Crippen MR) is 99.7 cm³/mol. The minimum atomic E-state index is -0.419. The Labute approximate surface area is 147 Å². The average molecular weight is 358 g/mol. The summed E-state index contributed by atoms with van der Waals surface area (Å²) in [7, 11) is 1.65. The number of benzene rings is 1. The SMILES string of the molecule is CNc1c([N+](=O)[O-])ccc2sc3c(=O)n(C4CCCCC4)cnc3c12. The van der Waals surface area contributed by atoms with Crippen molar-refractivity contribution in [2.24, 2.45) is 0 Å². The van der Waals surface area contributed by atoms with Crippen LogP contribution in [0.3, 0.4) is 0 Å². The average Bonchev–Trinajstić information content (AvgIpc) is 3.01. The number of hydrogen-bond donors (Lipinski definition) is 1. The van der Waals surface area contributed by atoms with Gasteiger partial charge in [-0.05, 0) is 18.9 Å². The molecule has 4 rings (SSSR count). The van der Waals surface area contributed by atoms with Crippen LogP contribution in [-0.2, 0) is 0 Å². The Kier molecular flexibility index (Phi) is 3.91. The highest BCUT2D eigenvalue weighted by atomic mass is 32.1. The molecule has 3 aromatic rings. The molecule has 0 spiro atoms. The molecule has 1 saturated carbocycles. The van der Waals surface area contributed by atoms with Gasteiger partial charge in [0.1, 0.15) is 10.4 Å². The van der Waals surface area contributed by atoms with Crippen LogP contribution in [0.1, 0.15) is 38.1 Å². The second-order valence-corrected chi connectivity index (χ2v) is 7.42. The first-order valence-corrected chi connectivity index (χ1v) is 9.22. The van der Waals surface area contributed by atoms with Crippen molar-refractivity contribution in [1.29, 1.82) is 0 Å². The Morgan fingerprint density at radius 2 is 2.08 bits per heavy atom. The molecule has 8 heteroatoms. The van der Waals surface area contributed by atoms with E-state index in [4.69, 9.17) is 0 Å². The van der Waals surface area contributed by atoms with Gasteiger partial charge in [-0.1, -0.05) is 19.3 Å². The molecule has 0 bridgehead atoms. The molecule has 25 heavy (non-hydrogen) atoms. The van der Waals surface area contributed by atoms with Gasteiger partial charge >= 0.3 is 0 Å². The number of anilines is 1. The molecule has 0 unspecified atom stereocenters. The maximum Gasteiger partial charge on any atom is 0.293 e. The summed E-state index contributed by atoms with van der Waals surface area (Å²) in [5.74, 6) is 0. The quantitative estimate of drug-likeness (QED) is 0.563. The van der Waals surface area contributed by atoms with E-state index in [-0.39, 0.29) is 17.3 Å². The number of hydrogen-bond acceptors (Lipinski definition) is 6. The lowest BCUT2D eigenvalue weighted by molar-refractivity contribution is -0.383. The second-order valence-electron chi connectivity index (χ2n) is 6.37. The third-order valence-corrected chi connectivity index (χ3v) is 6.10. The van der Waals surface area contributed by atoms with E-state index in [0.29, 0.717) is 21.3 Å². The van der Waals surface area contributed by atoms with Crippen LogP contribution in [0.25, 0.3) is 20.3 Å². The second kappa shape index (κ2) is 6.11. The summed E-state index contributed by atoms with van der Waals surface area (Å²) in [6.45, 7) is 0. The molecule has 1 aromatic carbocycles. The van der Waals surface area contributed by atoms with Crippen molar-refractivity contribution in [1.82, 2.24) is 9.55 Å². The summed E-state index contributed by atoms with van der Waals surface area (Å²) >= 11 is 1.36. The summed E-state index contributed by atoms with van der Waals surface area (Å²) in [5.41, 5.74) is 0.914. The van der Waals surface area contributed by atoms with Crippen LogP contribution in [0.15, 0.2) is 23.3 Å². The van der Waals surface area contributed by atoms with Crippen LogP contribution >= 0.6 is 11.3 Å². The van der Waals surface area contributed by atoms with Gasteiger partial charge in [-0.15, -0.1) is 11.3 Å². The first-order valence-electron chi connectivity index (χ1n) is 8.40. The highest BCUT2D eigenvalue weighted by Crippen LogP contribution is 2.40. The molecule has 7 nitrogen and oxygen atoms in total. The van der Waals surface area contributed by atoms with E-state index in [1.165, 1.54) is 23.8 Å². The minimum absolute atomic E-state index is 0.00652. The number of nitro groups is 1. The molecule has 1 fully saturated rings. The fourth-order valence-corrected chi connectivity index (χ4v) is 4.85. The van der Waals surface area contributed by atoms with Crippen molar-refractivity contribution in [3.63, 3.8) is 0 Å². The number of fused-ring (bicyclic) bond motifs is 3. The maximum atomic E-state index is 13.0. The lowest BCUT2D eigenvalue weighted by Crippen LogP contribution is -2.26. The van der Waals surface area contributed by atoms with Gasteiger partial charge in [0.15, 0.2) is 0 Å². The van der Waals surface area contributed by atoms with E-state index >= 15 is 0 Å². The zero-order valence-corrected chi connectivity index (χ0v) is 14.6. The Morgan fingerprint density at radius 3 is 2.76 bits per heavy atom. The van der Waals surface area contributed by atoms with E-state index in [2.05, 4.69) is 10.3 Å². The highest BCUT2D eigenvalue weighted by molar-refractivity contribution is 7.25. The molecular weight excluding hydrogens is 340 g/mol. The lowest BCUT2D eigenvalue weighted by atomic mass is 9.95. The van der Waals surface area contributed by atoms with Gasteiger partial charge in [-0.25, -0.2) is 4.98 Å². The van der Waals surface area contributed by atoms with Gasteiger partial charge in [0.05, 0.1) is 16.8 Å². The van der Waals surface area contributed by atoms with Crippen molar-refractivity contribution >= 4 is 43.0 Å². The number of rotatable bonds is 3. The van der Waals surface area contributed by atoms with Crippen molar-refractivity contribution in [2.45, 2.75) is 38.1 Å². The summed E-state index contributed by atoms with van der Waals surface area (Å²) in [4.78, 5) is 28.4. The van der Waals surface area contributed by atoms with Gasteiger partial charge in [-0.3, -0.25) is 19.5 Å². The van der Waals surface area contributed by atoms with Gasteiger partial charge in [-0.2, -0.15) is 0 Å². The van der Waals surface area contributed by atoms with Gasteiger partial charge < -0.3 is 5.32 Å². The van der Waals surface area contributed by atoms with Crippen LogP contribution in [0, 0.1) is 10.1 Å². The fourth-order valence-electron chi connectivity index (χ4n) is 3.75. The molecule has 0 amide bonds. The largest absolute Gasteiger partial charge is 0.382 e. The third kappa shape index (κ3) is 2.48. The zero-order chi connectivity index (χ0) is 17.6. The molecular formula is C17H18N4O3S. The Hall–Kier alpha value is -2.48. The van der Waals surface area contributed by atoms with Crippen molar-refractivity contribution in [3.8, 4) is 0 Å². The van der Waals surface area contributed by atoms with Crippen molar-refractivity contribution in [3.05, 3.63) is 38.9 Å². The highest BCUT2D eigenvalue weighted by Gasteiger charge is 2.23. The molecule has 2 heterocycles. The van der Waals surface area contributed by atoms with Crippen LogP contribution in [0.4, 0.5) is 11.4 Å². The topological polar surface area (TPSA) is 90.1 Å². The molecule has 1 N–H and O–H groups in total. The molecule has 2 aromatic heterocycles. The normalized spacial score (nSPS) is 15.7. The first kappa shape index (κ1) is 16.0. The number of aromatic nitrogens is 2. The molecule has 0 aliphatic heterocycles. The Bertz CT molecular complexity index is 1030. The molecule has 0 atom stereocenters. The number of thiophene rings is 1.